The van der Waals surface area contributed by atoms with Crippen molar-refractivity contribution in [3.8, 4) is 0 Å². The first kappa shape index (κ1) is 15.0. The quantitative estimate of drug-likeness (QED) is 0.896. The van der Waals surface area contributed by atoms with Gasteiger partial charge in [-0.3, -0.25) is 4.79 Å². The average molecular weight is 323 g/mol. The lowest BCUT2D eigenvalue weighted by Crippen LogP contribution is -2.57. The molecule has 2 N–H and O–H groups in total. The van der Waals surface area contributed by atoms with Crippen molar-refractivity contribution in [1.29, 1.82) is 0 Å². The van der Waals surface area contributed by atoms with Crippen molar-refractivity contribution in [2.24, 2.45) is 28.4 Å². The van der Waals surface area contributed by atoms with Crippen LogP contribution in [0.4, 0.5) is 13.2 Å². The van der Waals surface area contributed by atoms with Gasteiger partial charge in [-0.15, -0.1) is 0 Å². The van der Waals surface area contributed by atoms with E-state index in [-0.39, 0.29) is 23.3 Å². The third-order valence-electron chi connectivity index (χ3n) is 6.42. The highest BCUT2D eigenvalue weighted by Gasteiger charge is 2.62. The molecule has 4 fully saturated rings. The van der Waals surface area contributed by atoms with Crippen molar-refractivity contribution in [2.75, 3.05) is 0 Å². The molecule has 3 unspecified atom stereocenters. The Morgan fingerprint density at radius 3 is 2.43 bits per heavy atom. The molecule has 2 nitrogen and oxygen atoms in total. The summed E-state index contributed by atoms with van der Waals surface area (Å²) in [6.07, 6.45) is 2.47. The molecule has 0 aromatic heterocycles. The third-order valence-corrected chi connectivity index (χ3v) is 6.42. The highest BCUT2D eigenvalue weighted by Crippen LogP contribution is 2.69. The van der Waals surface area contributed by atoms with Crippen molar-refractivity contribution in [2.45, 2.75) is 44.7 Å². The van der Waals surface area contributed by atoms with Gasteiger partial charge in [-0.1, -0.05) is 12.1 Å². The number of nitrogens with two attached hydrogens (primary N) is 1. The van der Waals surface area contributed by atoms with E-state index < -0.39 is 28.6 Å². The Hall–Kier alpha value is -1.52. The molecule has 4 aliphatic carbocycles. The molecule has 0 radical (unpaired) electrons. The lowest BCUT2D eigenvalue weighted by Gasteiger charge is -2.61. The van der Waals surface area contributed by atoms with Crippen LogP contribution in [0, 0.1) is 34.3 Å². The average Bonchev–Trinajstić information content (AvgIpc) is 2.48. The minimum absolute atomic E-state index is 0.216. The molecular weight excluding hydrogens is 303 g/mol. The number of alkyl halides is 1. The lowest BCUT2D eigenvalue weighted by molar-refractivity contribution is -0.165. The summed E-state index contributed by atoms with van der Waals surface area (Å²) < 4.78 is 43.0. The summed E-state index contributed by atoms with van der Waals surface area (Å²) in [4.78, 5) is 12.0. The maximum atomic E-state index is 15.4. The summed E-state index contributed by atoms with van der Waals surface area (Å²) in [5, 5.41) is 0. The van der Waals surface area contributed by atoms with Crippen molar-refractivity contribution < 1.29 is 18.0 Å². The fraction of sp³-hybridized carbons (Fsp3) is 0.611. The second-order valence-corrected chi connectivity index (χ2v) is 7.97. The van der Waals surface area contributed by atoms with Crippen molar-refractivity contribution in [3.63, 3.8) is 0 Å². The van der Waals surface area contributed by atoms with Crippen LogP contribution in [-0.2, 0) is 4.79 Å². The zero-order valence-corrected chi connectivity index (χ0v) is 12.8. The summed E-state index contributed by atoms with van der Waals surface area (Å²) in [7, 11) is 0. The largest absolute Gasteiger partial charge is 0.369 e. The van der Waals surface area contributed by atoms with E-state index >= 15 is 4.39 Å². The molecule has 3 atom stereocenters. The smallest absolute Gasteiger partial charge is 0.223 e. The molecule has 0 saturated heterocycles. The van der Waals surface area contributed by atoms with Crippen LogP contribution < -0.4 is 5.73 Å². The molecule has 4 aliphatic rings. The molecule has 5 heteroatoms. The first-order valence-corrected chi connectivity index (χ1v) is 8.23. The fourth-order valence-corrected chi connectivity index (χ4v) is 5.96. The van der Waals surface area contributed by atoms with Crippen LogP contribution in [0.3, 0.4) is 0 Å². The molecule has 4 saturated carbocycles. The van der Waals surface area contributed by atoms with Crippen LogP contribution in [0.1, 0.15) is 50.3 Å². The second kappa shape index (κ2) is 4.74. The van der Waals surface area contributed by atoms with E-state index in [9.17, 15) is 13.6 Å². The van der Waals surface area contributed by atoms with E-state index in [0.29, 0.717) is 19.3 Å². The number of carbonyl (C=O) groups is 1. The molecule has 4 bridgehead atoms. The van der Waals surface area contributed by atoms with Gasteiger partial charge < -0.3 is 5.73 Å². The maximum absolute atomic E-state index is 15.4. The van der Waals surface area contributed by atoms with E-state index in [1.165, 1.54) is 12.1 Å². The number of hydrogen-bond donors (Lipinski definition) is 1. The van der Waals surface area contributed by atoms with Crippen LogP contribution in [0.2, 0.25) is 0 Å². The molecule has 23 heavy (non-hydrogen) atoms. The molecule has 1 amide bonds. The zero-order chi connectivity index (χ0) is 16.4. The van der Waals surface area contributed by atoms with Crippen LogP contribution in [0.15, 0.2) is 18.2 Å². The van der Waals surface area contributed by atoms with Crippen LogP contribution >= 0.6 is 0 Å². The first-order valence-electron chi connectivity index (χ1n) is 8.23. The Balaban J connectivity index is 1.76. The van der Waals surface area contributed by atoms with Crippen LogP contribution in [0.25, 0.3) is 0 Å². The van der Waals surface area contributed by atoms with Gasteiger partial charge in [-0.25, -0.2) is 13.2 Å². The van der Waals surface area contributed by atoms with Gasteiger partial charge in [0.05, 0.1) is 5.41 Å². The summed E-state index contributed by atoms with van der Waals surface area (Å²) in [5.74, 6) is -1.97. The minimum atomic E-state index is -1.59. The number of primary amides is 1. The number of amides is 1. The van der Waals surface area contributed by atoms with Crippen molar-refractivity contribution >= 4 is 5.91 Å². The highest BCUT2D eigenvalue weighted by molar-refractivity contribution is 5.81. The molecule has 0 aliphatic heterocycles. The van der Waals surface area contributed by atoms with Gasteiger partial charge in [0, 0.05) is 11.0 Å². The fourth-order valence-electron chi connectivity index (χ4n) is 5.96. The predicted molar refractivity (Wildman–Crippen MR) is 78.9 cm³/mol. The van der Waals surface area contributed by atoms with E-state index in [0.717, 1.165) is 25.3 Å². The Morgan fingerprint density at radius 1 is 1.17 bits per heavy atom. The number of hydrogen-bond acceptors (Lipinski definition) is 1. The van der Waals surface area contributed by atoms with Crippen molar-refractivity contribution in [3.05, 3.63) is 35.4 Å². The van der Waals surface area contributed by atoms with Gasteiger partial charge >= 0.3 is 0 Å². The van der Waals surface area contributed by atoms with Gasteiger partial charge in [0.15, 0.2) is 11.6 Å². The first-order chi connectivity index (χ1) is 10.9. The second-order valence-electron chi connectivity index (χ2n) is 7.97. The monoisotopic (exact) mass is 323 g/mol. The SMILES string of the molecule is NC(=O)C12CC3CC(C1)CC(C(F)c1cccc(F)c1F)(C3)C2. The standard InChI is InChI=1S/C18H20F3NO/c19-13-3-1-2-12(14(13)20)15(21)17-5-10-4-11(6-17)8-18(7-10,9-17)16(22)23/h1-3,10-11,15H,4-9H2,(H2,22,23). The van der Waals surface area contributed by atoms with Crippen LogP contribution in [-0.4, -0.2) is 5.91 Å². The molecule has 1 aromatic rings. The normalized spacial score (nSPS) is 39.4. The van der Waals surface area contributed by atoms with Crippen molar-refractivity contribution in [1.82, 2.24) is 0 Å². The minimum Gasteiger partial charge on any atom is -0.369 e. The zero-order valence-electron chi connectivity index (χ0n) is 12.8. The lowest BCUT2D eigenvalue weighted by atomic mass is 9.42. The summed E-state index contributed by atoms with van der Waals surface area (Å²) in [6, 6.07) is 3.65. The van der Waals surface area contributed by atoms with Gasteiger partial charge in [-0.2, -0.15) is 0 Å². The Labute approximate surface area is 133 Å². The Bertz CT molecular complexity index is 660. The molecule has 0 spiro atoms. The van der Waals surface area contributed by atoms with Gasteiger partial charge in [0.25, 0.3) is 0 Å². The third kappa shape index (κ3) is 2.05. The molecule has 0 heterocycles. The van der Waals surface area contributed by atoms with Gasteiger partial charge in [-0.05, 0) is 56.4 Å². The number of halogens is 3. The number of carbonyl (C=O) groups excluding carboxylic acids is 1. The van der Waals surface area contributed by atoms with E-state index in [2.05, 4.69) is 0 Å². The highest BCUT2D eigenvalue weighted by atomic mass is 19.2. The van der Waals surface area contributed by atoms with Gasteiger partial charge in [0.1, 0.15) is 6.17 Å². The molecule has 5 rings (SSSR count). The summed E-state index contributed by atoms with van der Waals surface area (Å²) >= 11 is 0. The molecular formula is C18H20F3NO. The van der Waals surface area contributed by atoms with E-state index in [1.807, 2.05) is 0 Å². The Morgan fingerprint density at radius 2 is 1.83 bits per heavy atom. The molecule has 1 aromatic carbocycles. The number of rotatable bonds is 3. The summed E-state index contributed by atoms with van der Waals surface area (Å²) in [5.41, 5.74) is 3.99. The van der Waals surface area contributed by atoms with Gasteiger partial charge in [0.2, 0.25) is 5.91 Å². The maximum Gasteiger partial charge on any atom is 0.223 e. The van der Waals surface area contributed by atoms with Crippen LogP contribution in [0.5, 0.6) is 0 Å². The molecule has 124 valence electrons. The topological polar surface area (TPSA) is 43.1 Å². The summed E-state index contributed by atoms with van der Waals surface area (Å²) in [6.45, 7) is 0. The number of benzene rings is 1. The van der Waals surface area contributed by atoms with E-state index in [4.69, 9.17) is 5.73 Å². The van der Waals surface area contributed by atoms with E-state index in [1.54, 1.807) is 0 Å². The Kier molecular flexibility index (Phi) is 3.10. The predicted octanol–water partition coefficient (Wildman–Crippen LogP) is 4.05.